The second-order valence-electron chi connectivity index (χ2n) is 4.34. The number of non-ortho nitro benzene ring substituents is 1. The fourth-order valence-corrected chi connectivity index (χ4v) is 2.24. The van der Waals surface area contributed by atoms with Crippen molar-refractivity contribution in [1.82, 2.24) is 0 Å². The third-order valence-electron chi connectivity index (χ3n) is 2.86. The molecular formula is C14H13BrN2O3. The molecule has 5 nitrogen and oxygen atoms in total. The highest BCUT2D eigenvalue weighted by Gasteiger charge is 2.10. The van der Waals surface area contributed by atoms with Crippen molar-refractivity contribution >= 4 is 27.3 Å². The van der Waals surface area contributed by atoms with Crippen LogP contribution in [0.1, 0.15) is 11.1 Å². The number of nitro groups is 1. The molecule has 0 spiro atoms. The van der Waals surface area contributed by atoms with Crippen LogP contribution in [0.3, 0.4) is 0 Å². The van der Waals surface area contributed by atoms with Crippen molar-refractivity contribution in [3.05, 3.63) is 62.1 Å². The summed E-state index contributed by atoms with van der Waals surface area (Å²) in [5.41, 5.74) is 7.86. The number of hydrogen-bond acceptors (Lipinski definition) is 4. The summed E-state index contributed by atoms with van der Waals surface area (Å²) in [5.74, 6) is 0.721. The third kappa shape index (κ3) is 3.27. The molecule has 0 aromatic heterocycles. The molecule has 0 heterocycles. The number of ether oxygens (including phenoxy) is 1. The van der Waals surface area contributed by atoms with Crippen molar-refractivity contribution < 1.29 is 9.66 Å². The molecule has 0 radical (unpaired) electrons. The number of nitrogens with zero attached hydrogens (tertiary/aromatic N) is 1. The number of hydrogen-bond donors (Lipinski definition) is 1. The quantitative estimate of drug-likeness (QED) is 0.522. The maximum atomic E-state index is 10.7. The molecule has 2 rings (SSSR count). The van der Waals surface area contributed by atoms with Gasteiger partial charge in [0.15, 0.2) is 0 Å². The Morgan fingerprint density at radius 2 is 2.05 bits per heavy atom. The monoisotopic (exact) mass is 336 g/mol. The molecule has 0 saturated carbocycles. The second-order valence-corrected chi connectivity index (χ2v) is 5.25. The first kappa shape index (κ1) is 14.3. The molecule has 0 fully saturated rings. The van der Waals surface area contributed by atoms with E-state index >= 15 is 0 Å². The van der Waals surface area contributed by atoms with Gasteiger partial charge < -0.3 is 10.5 Å². The predicted octanol–water partition coefficient (Wildman–Crippen LogP) is 3.83. The van der Waals surface area contributed by atoms with Gasteiger partial charge in [0.1, 0.15) is 12.4 Å². The summed E-state index contributed by atoms with van der Waals surface area (Å²) in [6.07, 6.45) is 0. The Morgan fingerprint density at radius 1 is 1.30 bits per heavy atom. The smallest absolute Gasteiger partial charge is 0.269 e. The van der Waals surface area contributed by atoms with Crippen molar-refractivity contribution in [2.24, 2.45) is 0 Å². The minimum Gasteiger partial charge on any atom is -0.489 e. The van der Waals surface area contributed by atoms with Crippen molar-refractivity contribution in [1.29, 1.82) is 0 Å². The average Bonchev–Trinajstić information content (AvgIpc) is 2.39. The van der Waals surface area contributed by atoms with E-state index in [-0.39, 0.29) is 12.3 Å². The molecule has 2 aromatic rings. The largest absolute Gasteiger partial charge is 0.489 e. The molecule has 0 atom stereocenters. The Hall–Kier alpha value is -2.08. The van der Waals surface area contributed by atoms with E-state index in [9.17, 15) is 10.1 Å². The van der Waals surface area contributed by atoms with Crippen LogP contribution in [0.5, 0.6) is 5.75 Å². The molecule has 0 bridgehead atoms. The lowest BCUT2D eigenvalue weighted by molar-refractivity contribution is -0.384. The van der Waals surface area contributed by atoms with Gasteiger partial charge in [-0.15, -0.1) is 0 Å². The predicted molar refractivity (Wildman–Crippen MR) is 80.7 cm³/mol. The number of benzene rings is 2. The van der Waals surface area contributed by atoms with E-state index in [1.807, 2.05) is 25.1 Å². The summed E-state index contributed by atoms with van der Waals surface area (Å²) in [5, 5.41) is 10.7. The standard InChI is InChI=1S/C14H13BrN2O3/c1-9-6-11(15)2-5-14(9)20-8-10-7-12(17(18)19)3-4-13(10)16/h2-7H,8,16H2,1H3. The van der Waals surface area contributed by atoms with E-state index in [1.54, 1.807) is 0 Å². The first-order valence-electron chi connectivity index (χ1n) is 5.89. The van der Waals surface area contributed by atoms with Crippen molar-refractivity contribution in [2.45, 2.75) is 13.5 Å². The van der Waals surface area contributed by atoms with Crippen LogP contribution >= 0.6 is 15.9 Å². The van der Waals surface area contributed by atoms with Crippen LogP contribution in [0.25, 0.3) is 0 Å². The molecule has 0 unspecified atom stereocenters. The van der Waals surface area contributed by atoms with Crippen molar-refractivity contribution in [2.75, 3.05) is 5.73 Å². The van der Waals surface area contributed by atoms with Gasteiger partial charge in [-0.3, -0.25) is 10.1 Å². The highest BCUT2D eigenvalue weighted by atomic mass is 79.9. The lowest BCUT2D eigenvalue weighted by atomic mass is 10.1. The average molecular weight is 337 g/mol. The van der Waals surface area contributed by atoms with Crippen LogP contribution in [0, 0.1) is 17.0 Å². The SMILES string of the molecule is Cc1cc(Br)ccc1OCc1cc([N+](=O)[O-])ccc1N. The molecule has 0 amide bonds. The van der Waals surface area contributed by atoms with Gasteiger partial charge >= 0.3 is 0 Å². The Labute approximate surface area is 124 Å². The summed E-state index contributed by atoms with van der Waals surface area (Å²) in [4.78, 5) is 10.3. The molecule has 0 saturated heterocycles. The van der Waals surface area contributed by atoms with Gasteiger partial charge in [0, 0.05) is 27.9 Å². The van der Waals surface area contributed by atoms with Crippen molar-refractivity contribution in [3.8, 4) is 5.75 Å². The number of rotatable bonds is 4. The minimum atomic E-state index is -0.451. The van der Waals surface area contributed by atoms with E-state index in [0.29, 0.717) is 11.3 Å². The Kier molecular flexibility index (Phi) is 4.24. The zero-order chi connectivity index (χ0) is 14.7. The molecule has 0 aliphatic rings. The Morgan fingerprint density at radius 3 is 2.70 bits per heavy atom. The third-order valence-corrected chi connectivity index (χ3v) is 3.35. The van der Waals surface area contributed by atoms with Gasteiger partial charge in [-0.1, -0.05) is 15.9 Å². The van der Waals surface area contributed by atoms with E-state index in [1.165, 1.54) is 18.2 Å². The number of anilines is 1. The summed E-state index contributed by atoms with van der Waals surface area (Å²) < 4.78 is 6.64. The molecule has 0 aliphatic heterocycles. The lowest BCUT2D eigenvalue weighted by Crippen LogP contribution is -2.02. The highest BCUT2D eigenvalue weighted by molar-refractivity contribution is 9.10. The van der Waals surface area contributed by atoms with Crippen LogP contribution in [0.2, 0.25) is 0 Å². The topological polar surface area (TPSA) is 78.4 Å². The van der Waals surface area contributed by atoms with Crippen LogP contribution < -0.4 is 10.5 Å². The Balaban J connectivity index is 2.18. The first-order valence-corrected chi connectivity index (χ1v) is 6.68. The first-order chi connectivity index (χ1) is 9.47. The van der Waals surface area contributed by atoms with Crippen LogP contribution in [-0.4, -0.2) is 4.92 Å². The maximum Gasteiger partial charge on any atom is 0.269 e. The number of nitrogens with two attached hydrogens (primary N) is 1. The zero-order valence-electron chi connectivity index (χ0n) is 10.8. The molecule has 0 aliphatic carbocycles. The van der Waals surface area contributed by atoms with Crippen LogP contribution in [-0.2, 0) is 6.61 Å². The zero-order valence-corrected chi connectivity index (χ0v) is 12.4. The van der Waals surface area contributed by atoms with Gasteiger partial charge in [0.25, 0.3) is 5.69 Å². The molecule has 2 aromatic carbocycles. The van der Waals surface area contributed by atoms with Gasteiger partial charge in [-0.25, -0.2) is 0 Å². The van der Waals surface area contributed by atoms with E-state index in [2.05, 4.69) is 15.9 Å². The maximum absolute atomic E-state index is 10.7. The summed E-state index contributed by atoms with van der Waals surface area (Å²) in [6, 6.07) is 9.98. The fraction of sp³-hybridized carbons (Fsp3) is 0.143. The second kappa shape index (κ2) is 5.92. The number of nitrogen functional groups attached to an aromatic ring is 1. The molecule has 20 heavy (non-hydrogen) atoms. The van der Waals surface area contributed by atoms with E-state index in [4.69, 9.17) is 10.5 Å². The Bertz CT molecular complexity index is 659. The highest BCUT2D eigenvalue weighted by Crippen LogP contribution is 2.25. The molecule has 104 valence electrons. The number of aryl methyl sites for hydroxylation is 1. The molecule has 2 N–H and O–H groups in total. The van der Waals surface area contributed by atoms with Crippen LogP contribution in [0.15, 0.2) is 40.9 Å². The van der Waals surface area contributed by atoms with E-state index < -0.39 is 4.92 Å². The number of halogens is 1. The van der Waals surface area contributed by atoms with Crippen molar-refractivity contribution in [3.63, 3.8) is 0 Å². The van der Waals surface area contributed by atoms with Crippen LogP contribution in [0.4, 0.5) is 11.4 Å². The van der Waals surface area contributed by atoms with Gasteiger partial charge in [0.2, 0.25) is 0 Å². The number of nitro benzene ring substituents is 1. The van der Waals surface area contributed by atoms with Gasteiger partial charge in [-0.2, -0.15) is 0 Å². The molecule has 6 heteroatoms. The summed E-state index contributed by atoms with van der Waals surface area (Å²) in [7, 11) is 0. The minimum absolute atomic E-state index is 0.00493. The molecular weight excluding hydrogens is 324 g/mol. The van der Waals surface area contributed by atoms with E-state index in [0.717, 1.165) is 15.8 Å². The van der Waals surface area contributed by atoms with Gasteiger partial charge in [0.05, 0.1) is 4.92 Å². The summed E-state index contributed by atoms with van der Waals surface area (Å²) >= 11 is 3.38. The summed E-state index contributed by atoms with van der Waals surface area (Å²) in [6.45, 7) is 2.12. The fourth-order valence-electron chi connectivity index (χ4n) is 1.76. The van der Waals surface area contributed by atoms with Gasteiger partial charge in [-0.05, 0) is 36.8 Å². The lowest BCUT2D eigenvalue weighted by Gasteiger charge is -2.11. The normalized spacial score (nSPS) is 10.3.